The fourth-order valence-corrected chi connectivity index (χ4v) is 3.28. The maximum Gasteiger partial charge on any atom is 0.0933 e. The molecule has 0 aliphatic carbocycles. The molecular weight excluding hydrogens is 236 g/mol. The summed E-state index contributed by atoms with van der Waals surface area (Å²) in [5.74, 6) is 0. The highest BCUT2D eigenvalue weighted by atomic mass is 32.1. The van der Waals surface area contributed by atoms with Crippen molar-refractivity contribution in [1.82, 2.24) is 4.98 Å². The van der Waals surface area contributed by atoms with Gasteiger partial charge in [0.15, 0.2) is 0 Å². The van der Waals surface area contributed by atoms with Crippen molar-refractivity contribution in [2.45, 2.75) is 32.7 Å². The van der Waals surface area contributed by atoms with Gasteiger partial charge in [-0.05, 0) is 37.3 Å². The molecule has 2 N–H and O–H groups in total. The van der Waals surface area contributed by atoms with Crippen LogP contribution in [0.4, 0.5) is 0 Å². The van der Waals surface area contributed by atoms with E-state index in [4.69, 9.17) is 5.73 Å². The molecule has 0 aliphatic rings. The monoisotopic (exact) mass is 252 g/mol. The Morgan fingerprint density at radius 2 is 2.25 bits per heavy atom. The second-order valence-corrected chi connectivity index (χ2v) is 5.93. The summed E-state index contributed by atoms with van der Waals surface area (Å²) >= 11 is 3.50. The first-order valence-corrected chi connectivity index (χ1v) is 7.17. The van der Waals surface area contributed by atoms with Gasteiger partial charge in [0.05, 0.1) is 15.6 Å². The molecule has 0 amide bonds. The minimum atomic E-state index is 0.260. The van der Waals surface area contributed by atoms with E-state index in [1.165, 1.54) is 15.4 Å². The Balaban J connectivity index is 2.11. The number of aromatic nitrogens is 1. The van der Waals surface area contributed by atoms with E-state index >= 15 is 0 Å². The van der Waals surface area contributed by atoms with Crippen molar-refractivity contribution in [1.29, 1.82) is 0 Å². The zero-order chi connectivity index (χ0) is 11.5. The van der Waals surface area contributed by atoms with Gasteiger partial charge in [0.2, 0.25) is 0 Å². The predicted octanol–water partition coefficient (Wildman–Crippen LogP) is 3.46. The van der Waals surface area contributed by atoms with Gasteiger partial charge in [0, 0.05) is 17.8 Å². The number of hydrogen-bond donors (Lipinski definition) is 1. The number of nitrogens with zero attached hydrogens (tertiary/aromatic N) is 1. The van der Waals surface area contributed by atoms with Crippen LogP contribution in [0.25, 0.3) is 10.6 Å². The second kappa shape index (κ2) is 5.08. The normalized spacial score (nSPS) is 12.9. The summed E-state index contributed by atoms with van der Waals surface area (Å²) in [5, 5.41) is 5.46. The first-order chi connectivity index (χ1) is 7.66. The van der Waals surface area contributed by atoms with E-state index in [1.54, 1.807) is 22.7 Å². The molecule has 4 heteroatoms. The first-order valence-electron chi connectivity index (χ1n) is 5.41. The van der Waals surface area contributed by atoms with Crippen LogP contribution in [0.2, 0.25) is 0 Å². The predicted molar refractivity (Wildman–Crippen MR) is 72.1 cm³/mol. The van der Waals surface area contributed by atoms with E-state index in [2.05, 4.69) is 28.7 Å². The molecule has 0 bridgehead atoms. The highest BCUT2D eigenvalue weighted by molar-refractivity contribution is 7.14. The highest BCUT2D eigenvalue weighted by Gasteiger charge is 2.08. The third-order valence-electron chi connectivity index (χ3n) is 2.46. The molecule has 0 saturated carbocycles. The van der Waals surface area contributed by atoms with Crippen molar-refractivity contribution in [3.63, 3.8) is 0 Å². The third kappa shape index (κ3) is 2.70. The number of nitrogens with two attached hydrogens (primary N) is 1. The molecule has 1 atom stereocenters. The lowest BCUT2D eigenvalue weighted by Gasteiger charge is -2.00. The Bertz CT molecular complexity index is 457. The number of thiophene rings is 1. The number of aryl methyl sites for hydroxylation is 2. The van der Waals surface area contributed by atoms with Gasteiger partial charge in [-0.25, -0.2) is 4.98 Å². The lowest BCUT2D eigenvalue weighted by atomic mass is 10.2. The Morgan fingerprint density at radius 1 is 1.44 bits per heavy atom. The van der Waals surface area contributed by atoms with Crippen LogP contribution < -0.4 is 5.73 Å². The molecule has 0 spiro atoms. The van der Waals surface area contributed by atoms with Crippen molar-refractivity contribution in [3.8, 4) is 10.6 Å². The van der Waals surface area contributed by atoms with Crippen LogP contribution in [0, 0.1) is 6.92 Å². The minimum absolute atomic E-state index is 0.260. The van der Waals surface area contributed by atoms with Crippen LogP contribution in [0.3, 0.4) is 0 Å². The lowest BCUT2D eigenvalue weighted by Crippen LogP contribution is -2.15. The van der Waals surface area contributed by atoms with Gasteiger partial charge in [0.1, 0.15) is 0 Å². The van der Waals surface area contributed by atoms with Crippen molar-refractivity contribution in [3.05, 3.63) is 27.4 Å². The van der Waals surface area contributed by atoms with E-state index in [0.717, 1.165) is 18.5 Å². The Morgan fingerprint density at radius 3 is 2.88 bits per heavy atom. The van der Waals surface area contributed by atoms with Crippen molar-refractivity contribution in [2.24, 2.45) is 5.73 Å². The molecule has 2 nitrogen and oxygen atoms in total. The molecule has 1 unspecified atom stereocenters. The van der Waals surface area contributed by atoms with Crippen LogP contribution >= 0.6 is 22.7 Å². The van der Waals surface area contributed by atoms with Crippen LogP contribution in [0.1, 0.15) is 23.9 Å². The second-order valence-electron chi connectivity index (χ2n) is 4.08. The number of rotatable bonds is 4. The van der Waals surface area contributed by atoms with E-state index in [1.807, 2.05) is 6.92 Å². The van der Waals surface area contributed by atoms with Crippen LogP contribution in [0.15, 0.2) is 16.8 Å². The summed E-state index contributed by atoms with van der Waals surface area (Å²) < 4.78 is 0. The molecule has 0 saturated heterocycles. The SMILES string of the molecule is Cc1ccsc1-c1csc(CCC(C)N)n1. The Kier molecular flexibility index (Phi) is 3.74. The molecule has 86 valence electrons. The van der Waals surface area contributed by atoms with E-state index < -0.39 is 0 Å². The number of thiazole rings is 1. The van der Waals surface area contributed by atoms with Crippen molar-refractivity contribution >= 4 is 22.7 Å². The highest BCUT2D eigenvalue weighted by Crippen LogP contribution is 2.30. The fourth-order valence-electron chi connectivity index (χ4n) is 1.52. The topological polar surface area (TPSA) is 38.9 Å². The summed E-state index contributed by atoms with van der Waals surface area (Å²) in [6, 6.07) is 2.40. The van der Waals surface area contributed by atoms with Crippen molar-refractivity contribution < 1.29 is 0 Å². The molecule has 0 fully saturated rings. The molecule has 0 radical (unpaired) electrons. The maximum atomic E-state index is 5.74. The van der Waals surface area contributed by atoms with Gasteiger partial charge in [-0.3, -0.25) is 0 Å². The van der Waals surface area contributed by atoms with Gasteiger partial charge in [-0.15, -0.1) is 22.7 Å². The van der Waals surface area contributed by atoms with Crippen LogP contribution in [-0.2, 0) is 6.42 Å². The van der Waals surface area contributed by atoms with E-state index in [-0.39, 0.29) is 6.04 Å². The Labute approximate surface area is 104 Å². The molecule has 0 aliphatic heterocycles. The quantitative estimate of drug-likeness (QED) is 0.905. The van der Waals surface area contributed by atoms with Gasteiger partial charge < -0.3 is 5.73 Å². The average molecular weight is 252 g/mol. The lowest BCUT2D eigenvalue weighted by molar-refractivity contribution is 0.664. The Hall–Kier alpha value is -0.710. The summed E-state index contributed by atoms with van der Waals surface area (Å²) in [6.07, 6.45) is 2.00. The van der Waals surface area contributed by atoms with E-state index in [9.17, 15) is 0 Å². The summed E-state index contributed by atoms with van der Waals surface area (Å²) in [5.41, 5.74) is 8.18. The first kappa shape index (κ1) is 11.8. The molecule has 16 heavy (non-hydrogen) atoms. The van der Waals surface area contributed by atoms with Crippen LogP contribution in [-0.4, -0.2) is 11.0 Å². The molecular formula is C12H16N2S2. The standard InChI is InChI=1S/C12H16N2S2/c1-8-5-6-15-12(8)10-7-16-11(14-10)4-3-9(2)13/h5-7,9H,3-4,13H2,1-2H3. The average Bonchev–Trinajstić information content (AvgIpc) is 2.83. The fraction of sp³-hybridized carbons (Fsp3) is 0.417. The van der Waals surface area contributed by atoms with Gasteiger partial charge in [0.25, 0.3) is 0 Å². The molecule has 2 aromatic rings. The zero-order valence-corrected chi connectivity index (χ0v) is 11.2. The molecule has 2 heterocycles. The number of hydrogen-bond acceptors (Lipinski definition) is 4. The smallest absolute Gasteiger partial charge is 0.0933 e. The summed E-state index contributed by atoms with van der Waals surface area (Å²) in [6.45, 7) is 4.17. The summed E-state index contributed by atoms with van der Waals surface area (Å²) in [4.78, 5) is 5.95. The molecule has 2 aromatic heterocycles. The molecule has 0 aromatic carbocycles. The maximum absolute atomic E-state index is 5.74. The van der Waals surface area contributed by atoms with Crippen molar-refractivity contribution in [2.75, 3.05) is 0 Å². The van der Waals surface area contributed by atoms with E-state index in [0.29, 0.717) is 0 Å². The van der Waals surface area contributed by atoms with Gasteiger partial charge >= 0.3 is 0 Å². The summed E-state index contributed by atoms with van der Waals surface area (Å²) in [7, 11) is 0. The minimum Gasteiger partial charge on any atom is -0.328 e. The zero-order valence-electron chi connectivity index (χ0n) is 9.56. The van der Waals surface area contributed by atoms with Gasteiger partial charge in [-0.2, -0.15) is 0 Å². The third-order valence-corrected chi connectivity index (χ3v) is 4.41. The van der Waals surface area contributed by atoms with Gasteiger partial charge in [-0.1, -0.05) is 0 Å². The van der Waals surface area contributed by atoms with Crippen LogP contribution in [0.5, 0.6) is 0 Å². The largest absolute Gasteiger partial charge is 0.328 e. The molecule has 2 rings (SSSR count).